The lowest BCUT2D eigenvalue weighted by Crippen LogP contribution is -2.31. The van der Waals surface area contributed by atoms with Crippen molar-refractivity contribution in [3.05, 3.63) is 54.4 Å². The van der Waals surface area contributed by atoms with Gasteiger partial charge >= 0.3 is 6.09 Å². The van der Waals surface area contributed by atoms with Gasteiger partial charge in [-0.3, -0.25) is 0 Å². The Hall–Kier alpha value is -3.39. The molecule has 3 rings (SSSR count). The first kappa shape index (κ1) is 17.4. The van der Waals surface area contributed by atoms with Gasteiger partial charge in [0, 0.05) is 42.8 Å². The number of aryl methyl sites for hydroxylation is 1. The molecule has 26 heavy (non-hydrogen) atoms. The average Bonchev–Trinajstić information content (AvgIpc) is 3.10. The summed E-state index contributed by atoms with van der Waals surface area (Å²) >= 11 is 0. The molecule has 0 aliphatic rings. The number of ether oxygens (including phenoxy) is 1. The Balaban J connectivity index is 1.76. The molecule has 0 radical (unpaired) electrons. The quantitative estimate of drug-likeness (QED) is 0.541. The zero-order chi connectivity index (χ0) is 18.4. The Morgan fingerprint density at radius 3 is 2.88 bits per heavy atom. The van der Waals surface area contributed by atoms with Crippen LogP contribution in [0.1, 0.15) is 5.56 Å². The van der Waals surface area contributed by atoms with Crippen LogP contribution in [0.4, 0.5) is 16.4 Å². The lowest BCUT2D eigenvalue weighted by atomic mass is 10.1. The number of H-pyrrole nitrogens is 1. The second kappa shape index (κ2) is 8.13. The fourth-order valence-electron chi connectivity index (χ4n) is 2.32. The number of nitrogens with zero attached hydrogens (tertiary/aromatic N) is 2. The smallest absolute Gasteiger partial charge is 0.393 e. The van der Waals surface area contributed by atoms with Gasteiger partial charge in [0.25, 0.3) is 0 Å². The molecular weight excluding hydrogens is 332 g/mol. The summed E-state index contributed by atoms with van der Waals surface area (Å²) in [6.07, 6.45) is 2.91. The molecule has 8 heteroatoms. The van der Waals surface area contributed by atoms with E-state index in [0.717, 1.165) is 22.5 Å². The molecule has 0 saturated heterocycles. The van der Waals surface area contributed by atoms with Crippen molar-refractivity contribution in [1.29, 1.82) is 0 Å². The van der Waals surface area contributed by atoms with Crippen LogP contribution < -0.4 is 21.1 Å². The van der Waals surface area contributed by atoms with Crippen LogP contribution in [-0.2, 0) is 0 Å². The van der Waals surface area contributed by atoms with E-state index in [1.165, 1.54) is 0 Å². The molecule has 0 aliphatic carbocycles. The second-order valence-electron chi connectivity index (χ2n) is 5.57. The van der Waals surface area contributed by atoms with Crippen molar-refractivity contribution in [3.8, 4) is 17.1 Å². The normalized spacial score (nSPS) is 10.4. The van der Waals surface area contributed by atoms with Crippen LogP contribution in [0.3, 0.4) is 0 Å². The maximum absolute atomic E-state index is 11.6. The largest absolute Gasteiger partial charge is 0.413 e. The highest BCUT2D eigenvalue weighted by molar-refractivity contribution is 5.71. The molecule has 0 fully saturated rings. The summed E-state index contributed by atoms with van der Waals surface area (Å²) in [5.74, 6) is 0.811. The molecule has 2 heterocycles. The van der Waals surface area contributed by atoms with Crippen LogP contribution in [0.25, 0.3) is 11.3 Å². The van der Waals surface area contributed by atoms with Gasteiger partial charge in [0.1, 0.15) is 0 Å². The van der Waals surface area contributed by atoms with E-state index in [4.69, 9.17) is 10.5 Å². The van der Waals surface area contributed by atoms with Crippen molar-refractivity contribution in [2.24, 2.45) is 5.73 Å². The van der Waals surface area contributed by atoms with Crippen molar-refractivity contribution in [3.63, 3.8) is 0 Å². The number of hydrogen-bond acceptors (Lipinski definition) is 6. The van der Waals surface area contributed by atoms with Crippen molar-refractivity contribution in [2.45, 2.75) is 6.92 Å². The van der Waals surface area contributed by atoms with Gasteiger partial charge in [-0.25, -0.2) is 14.8 Å². The van der Waals surface area contributed by atoms with Crippen LogP contribution in [-0.4, -0.2) is 34.1 Å². The van der Waals surface area contributed by atoms with Gasteiger partial charge < -0.3 is 26.1 Å². The van der Waals surface area contributed by atoms with E-state index in [0.29, 0.717) is 24.9 Å². The molecule has 1 amide bonds. The van der Waals surface area contributed by atoms with Crippen molar-refractivity contribution in [1.82, 2.24) is 20.3 Å². The number of hydrogen-bond donors (Lipinski definition) is 4. The Kier molecular flexibility index (Phi) is 5.45. The van der Waals surface area contributed by atoms with Gasteiger partial charge in [-0.05, 0) is 24.6 Å². The lowest BCUT2D eigenvalue weighted by Gasteiger charge is -2.08. The molecule has 0 saturated carbocycles. The summed E-state index contributed by atoms with van der Waals surface area (Å²) in [4.78, 5) is 23.4. The van der Waals surface area contributed by atoms with Gasteiger partial charge in [0.2, 0.25) is 11.8 Å². The SMILES string of the molecule is Cc1cnc(Nc2ccccc2)nc1-c1c[nH]c(OC(=O)NCCN)c1. The van der Waals surface area contributed by atoms with Crippen LogP contribution in [0.15, 0.2) is 48.8 Å². The fraction of sp³-hybridized carbons (Fsp3) is 0.167. The number of benzene rings is 1. The third-order valence-electron chi connectivity index (χ3n) is 3.55. The lowest BCUT2D eigenvalue weighted by molar-refractivity contribution is 0.199. The molecule has 134 valence electrons. The predicted octanol–water partition coefficient (Wildman–Crippen LogP) is 2.57. The second-order valence-corrected chi connectivity index (χ2v) is 5.57. The zero-order valence-corrected chi connectivity index (χ0v) is 14.3. The number of para-hydroxylation sites is 1. The van der Waals surface area contributed by atoms with Crippen molar-refractivity contribution in [2.75, 3.05) is 18.4 Å². The van der Waals surface area contributed by atoms with E-state index in [1.807, 2.05) is 37.3 Å². The molecule has 0 bridgehead atoms. The molecule has 1 aromatic carbocycles. The molecular formula is C18H20N6O2. The molecule has 5 N–H and O–H groups in total. The van der Waals surface area contributed by atoms with E-state index < -0.39 is 6.09 Å². The van der Waals surface area contributed by atoms with Crippen molar-refractivity contribution < 1.29 is 9.53 Å². The molecule has 8 nitrogen and oxygen atoms in total. The van der Waals surface area contributed by atoms with Gasteiger partial charge in [0.05, 0.1) is 5.69 Å². The Bertz CT molecular complexity index is 878. The number of aromatic amines is 1. The highest BCUT2D eigenvalue weighted by Gasteiger charge is 2.11. The highest BCUT2D eigenvalue weighted by Crippen LogP contribution is 2.26. The summed E-state index contributed by atoms with van der Waals surface area (Å²) in [5.41, 5.74) is 8.68. The Morgan fingerprint density at radius 2 is 2.12 bits per heavy atom. The summed E-state index contributed by atoms with van der Waals surface area (Å²) in [6.45, 7) is 2.62. The molecule has 0 unspecified atom stereocenters. The topological polar surface area (TPSA) is 118 Å². The number of rotatable bonds is 6. The number of aromatic nitrogens is 3. The molecule has 2 aromatic heterocycles. The van der Waals surface area contributed by atoms with Crippen LogP contribution in [0.5, 0.6) is 5.88 Å². The maximum atomic E-state index is 11.6. The monoisotopic (exact) mass is 352 g/mol. The van der Waals surface area contributed by atoms with Crippen LogP contribution >= 0.6 is 0 Å². The van der Waals surface area contributed by atoms with Crippen molar-refractivity contribution >= 4 is 17.7 Å². The number of anilines is 2. The fourth-order valence-corrected chi connectivity index (χ4v) is 2.32. The molecule has 0 aliphatic heterocycles. The average molecular weight is 352 g/mol. The van der Waals surface area contributed by atoms with E-state index in [-0.39, 0.29) is 0 Å². The van der Waals surface area contributed by atoms with Gasteiger partial charge in [0.15, 0.2) is 0 Å². The maximum Gasteiger partial charge on any atom is 0.413 e. The van der Waals surface area contributed by atoms with Gasteiger partial charge in [-0.2, -0.15) is 0 Å². The van der Waals surface area contributed by atoms with E-state index in [1.54, 1.807) is 18.5 Å². The van der Waals surface area contributed by atoms with Gasteiger partial charge in [-0.1, -0.05) is 18.2 Å². The summed E-state index contributed by atoms with van der Waals surface area (Å²) in [6, 6.07) is 11.4. The molecule has 0 atom stereocenters. The first-order chi connectivity index (χ1) is 12.7. The summed E-state index contributed by atoms with van der Waals surface area (Å²) in [7, 11) is 0. The van der Waals surface area contributed by atoms with E-state index in [9.17, 15) is 4.79 Å². The number of carbonyl (C=O) groups is 1. The minimum absolute atomic E-state index is 0.324. The van der Waals surface area contributed by atoms with E-state index in [2.05, 4.69) is 25.6 Å². The first-order valence-electron chi connectivity index (χ1n) is 8.16. The number of nitrogens with two attached hydrogens (primary N) is 1. The third kappa shape index (κ3) is 4.37. The van der Waals surface area contributed by atoms with E-state index >= 15 is 0 Å². The third-order valence-corrected chi connectivity index (χ3v) is 3.55. The number of amides is 1. The molecule has 0 spiro atoms. The molecule has 3 aromatic rings. The predicted molar refractivity (Wildman–Crippen MR) is 99.4 cm³/mol. The number of nitrogens with one attached hydrogen (secondary N) is 3. The van der Waals surface area contributed by atoms with Crippen LogP contribution in [0, 0.1) is 6.92 Å². The minimum Gasteiger partial charge on any atom is -0.393 e. The Morgan fingerprint density at radius 1 is 1.31 bits per heavy atom. The summed E-state index contributed by atoms with van der Waals surface area (Å²) in [5, 5.41) is 5.70. The summed E-state index contributed by atoms with van der Waals surface area (Å²) < 4.78 is 5.16. The van der Waals surface area contributed by atoms with Gasteiger partial charge in [-0.15, -0.1) is 0 Å². The van der Waals surface area contributed by atoms with Crippen LogP contribution in [0.2, 0.25) is 0 Å². The minimum atomic E-state index is -0.560. The first-order valence-corrected chi connectivity index (χ1v) is 8.16. The Labute approximate surface area is 150 Å². The number of carbonyl (C=O) groups excluding carboxylic acids is 1. The highest BCUT2D eigenvalue weighted by atomic mass is 16.6. The zero-order valence-electron chi connectivity index (χ0n) is 14.3. The standard InChI is InChI=1S/C18H20N6O2/c1-12-10-22-17(23-14-5-3-2-4-6-14)24-16(12)13-9-15(21-11-13)26-18(25)20-8-7-19/h2-6,9-11,21H,7-8,19H2,1H3,(H,20,25)(H,22,23,24).